The number of hydrogen-bond acceptors (Lipinski definition) is 2. The second-order valence-electron chi connectivity index (χ2n) is 3.86. The Bertz CT molecular complexity index is 388. The van der Waals surface area contributed by atoms with Crippen molar-refractivity contribution in [3.05, 3.63) is 23.2 Å². The van der Waals surface area contributed by atoms with E-state index < -0.39 is 0 Å². The summed E-state index contributed by atoms with van der Waals surface area (Å²) in [7, 11) is 0. The summed E-state index contributed by atoms with van der Waals surface area (Å²) in [5.74, 6) is 0.228. The van der Waals surface area contributed by atoms with Crippen molar-refractivity contribution in [1.29, 1.82) is 0 Å². The molecule has 0 unspecified atom stereocenters. The van der Waals surface area contributed by atoms with Crippen molar-refractivity contribution >= 4 is 28.9 Å². The third-order valence-corrected chi connectivity index (χ3v) is 3.04. The first-order valence-corrected chi connectivity index (χ1v) is 5.40. The molecular formula is C11H13ClN2O. The average molecular weight is 225 g/mol. The van der Waals surface area contributed by atoms with Gasteiger partial charge < -0.3 is 11.1 Å². The fraction of sp³-hybridized carbons (Fsp3) is 0.364. The highest BCUT2D eigenvalue weighted by Crippen LogP contribution is 2.29. The molecule has 0 bridgehead atoms. The van der Waals surface area contributed by atoms with E-state index >= 15 is 0 Å². The van der Waals surface area contributed by atoms with Gasteiger partial charge >= 0.3 is 0 Å². The molecule has 1 aliphatic carbocycles. The molecule has 4 heteroatoms. The molecule has 0 radical (unpaired) electrons. The van der Waals surface area contributed by atoms with Gasteiger partial charge in [0.15, 0.2) is 0 Å². The van der Waals surface area contributed by atoms with E-state index in [1.807, 2.05) is 0 Å². The fourth-order valence-corrected chi connectivity index (χ4v) is 1.77. The van der Waals surface area contributed by atoms with Crippen molar-refractivity contribution in [2.45, 2.75) is 19.3 Å². The number of benzene rings is 1. The molecule has 0 saturated heterocycles. The molecule has 1 amide bonds. The van der Waals surface area contributed by atoms with Gasteiger partial charge in [-0.15, -0.1) is 0 Å². The molecule has 1 aliphatic rings. The van der Waals surface area contributed by atoms with Crippen LogP contribution in [0.4, 0.5) is 11.4 Å². The van der Waals surface area contributed by atoms with Crippen LogP contribution in [0, 0.1) is 5.92 Å². The molecule has 0 atom stereocenters. The normalized spacial score (nSPS) is 15.8. The van der Waals surface area contributed by atoms with Crippen LogP contribution >= 0.6 is 11.6 Å². The van der Waals surface area contributed by atoms with Crippen molar-refractivity contribution in [1.82, 2.24) is 0 Å². The van der Waals surface area contributed by atoms with E-state index in [1.54, 1.807) is 18.2 Å². The number of carbonyl (C=O) groups is 1. The second-order valence-corrected chi connectivity index (χ2v) is 4.26. The standard InChI is InChI=1S/C11H13ClN2O/c12-9-6-8(13)4-5-10(9)14-11(15)7-2-1-3-7/h4-7H,1-3,13H2,(H,14,15). The monoisotopic (exact) mass is 224 g/mol. The van der Waals surface area contributed by atoms with Gasteiger partial charge in [-0.3, -0.25) is 4.79 Å². The van der Waals surface area contributed by atoms with Crippen molar-refractivity contribution < 1.29 is 4.79 Å². The van der Waals surface area contributed by atoms with Crippen LogP contribution in [0.3, 0.4) is 0 Å². The zero-order valence-electron chi connectivity index (χ0n) is 8.29. The highest BCUT2D eigenvalue weighted by molar-refractivity contribution is 6.34. The van der Waals surface area contributed by atoms with E-state index in [-0.39, 0.29) is 11.8 Å². The number of rotatable bonds is 2. The van der Waals surface area contributed by atoms with Crippen LogP contribution in [-0.2, 0) is 4.79 Å². The Balaban J connectivity index is 2.06. The fourth-order valence-electron chi connectivity index (χ4n) is 1.54. The summed E-state index contributed by atoms with van der Waals surface area (Å²) in [6.45, 7) is 0. The van der Waals surface area contributed by atoms with Gasteiger partial charge in [-0.1, -0.05) is 18.0 Å². The van der Waals surface area contributed by atoms with Gasteiger partial charge in [-0.05, 0) is 31.0 Å². The Morgan fingerprint density at radius 3 is 2.73 bits per heavy atom. The summed E-state index contributed by atoms with van der Waals surface area (Å²) in [6.07, 6.45) is 3.12. The van der Waals surface area contributed by atoms with Gasteiger partial charge in [0.2, 0.25) is 5.91 Å². The predicted octanol–water partition coefficient (Wildman–Crippen LogP) is 2.66. The van der Waals surface area contributed by atoms with Crippen LogP contribution in [0.15, 0.2) is 18.2 Å². The lowest BCUT2D eigenvalue weighted by Crippen LogP contribution is -2.28. The summed E-state index contributed by atoms with van der Waals surface area (Å²) in [5, 5.41) is 3.30. The van der Waals surface area contributed by atoms with Crippen LogP contribution < -0.4 is 11.1 Å². The maximum atomic E-state index is 11.6. The largest absolute Gasteiger partial charge is 0.399 e. The van der Waals surface area contributed by atoms with Crippen LogP contribution in [0.25, 0.3) is 0 Å². The smallest absolute Gasteiger partial charge is 0.227 e. The van der Waals surface area contributed by atoms with Crippen molar-refractivity contribution in [2.75, 3.05) is 11.1 Å². The molecule has 1 aromatic carbocycles. The molecule has 0 spiro atoms. The van der Waals surface area contributed by atoms with E-state index in [0.29, 0.717) is 16.4 Å². The first-order chi connectivity index (χ1) is 7.16. The summed E-state index contributed by atoms with van der Waals surface area (Å²) >= 11 is 5.94. The lowest BCUT2D eigenvalue weighted by Gasteiger charge is -2.24. The molecule has 3 N–H and O–H groups in total. The highest BCUT2D eigenvalue weighted by atomic mass is 35.5. The lowest BCUT2D eigenvalue weighted by molar-refractivity contribution is -0.122. The molecule has 0 heterocycles. The number of halogens is 1. The molecule has 1 saturated carbocycles. The van der Waals surface area contributed by atoms with Crippen LogP contribution in [0.1, 0.15) is 19.3 Å². The number of hydrogen-bond donors (Lipinski definition) is 2. The number of amides is 1. The van der Waals surface area contributed by atoms with Gasteiger partial charge in [0, 0.05) is 11.6 Å². The van der Waals surface area contributed by atoms with E-state index in [1.165, 1.54) is 0 Å². The van der Waals surface area contributed by atoms with Crippen molar-refractivity contribution in [2.24, 2.45) is 5.92 Å². The Morgan fingerprint density at radius 1 is 1.47 bits per heavy atom. The summed E-state index contributed by atoms with van der Waals surface area (Å²) in [5.41, 5.74) is 6.80. The molecule has 80 valence electrons. The lowest BCUT2D eigenvalue weighted by atomic mass is 9.85. The van der Waals surface area contributed by atoms with Crippen molar-refractivity contribution in [3.63, 3.8) is 0 Å². The Labute approximate surface area is 93.6 Å². The molecule has 3 nitrogen and oxygen atoms in total. The number of nitrogens with two attached hydrogens (primary N) is 1. The summed E-state index contributed by atoms with van der Waals surface area (Å²) in [6, 6.07) is 5.09. The number of nitrogen functional groups attached to an aromatic ring is 1. The van der Waals surface area contributed by atoms with Gasteiger partial charge in [0.1, 0.15) is 0 Å². The molecule has 0 aliphatic heterocycles. The molecule has 2 rings (SSSR count). The van der Waals surface area contributed by atoms with Gasteiger partial charge in [0.05, 0.1) is 10.7 Å². The minimum atomic E-state index is 0.0629. The van der Waals surface area contributed by atoms with E-state index in [4.69, 9.17) is 17.3 Å². The Morgan fingerprint density at radius 2 is 2.20 bits per heavy atom. The quantitative estimate of drug-likeness (QED) is 0.759. The maximum absolute atomic E-state index is 11.6. The van der Waals surface area contributed by atoms with Crippen LogP contribution in [0.5, 0.6) is 0 Å². The van der Waals surface area contributed by atoms with Gasteiger partial charge in [0.25, 0.3) is 0 Å². The topological polar surface area (TPSA) is 55.1 Å². The van der Waals surface area contributed by atoms with Crippen LogP contribution in [-0.4, -0.2) is 5.91 Å². The second kappa shape index (κ2) is 4.11. The number of anilines is 2. The third-order valence-electron chi connectivity index (χ3n) is 2.73. The predicted molar refractivity (Wildman–Crippen MR) is 61.8 cm³/mol. The number of carbonyl (C=O) groups excluding carboxylic acids is 1. The first kappa shape index (κ1) is 10.3. The Hall–Kier alpha value is -1.22. The molecule has 1 aromatic rings. The third kappa shape index (κ3) is 2.23. The molecular weight excluding hydrogens is 212 g/mol. The van der Waals surface area contributed by atoms with E-state index in [0.717, 1.165) is 19.3 Å². The minimum absolute atomic E-state index is 0.0629. The average Bonchev–Trinajstić information content (AvgIpc) is 2.07. The zero-order chi connectivity index (χ0) is 10.8. The summed E-state index contributed by atoms with van der Waals surface area (Å²) < 4.78 is 0. The van der Waals surface area contributed by atoms with Crippen LogP contribution in [0.2, 0.25) is 5.02 Å². The zero-order valence-corrected chi connectivity index (χ0v) is 9.05. The van der Waals surface area contributed by atoms with Gasteiger partial charge in [-0.2, -0.15) is 0 Å². The SMILES string of the molecule is Nc1ccc(NC(=O)C2CCC2)c(Cl)c1. The number of nitrogens with one attached hydrogen (secondary N) is 1. The van der Waals surface area contributed by atoms with E-state index in [9.17, 15) is 4.79 Å². The minimum Gasteiger partial charge on any atom is -0.399 e. The van der Waals surface area contributed by atoms with Crippen molar-refractivity contribution in [3.8, 4) is 0 Å². The highest BCUT2D eigenvalue weighted by Gasteiger charge is 2.25. The summed E-state index contributed by atoms with van der Waals surface area (Å²) in [4.78, 5) is 11.6. The van der Waals surface area contributed by atoms with E-state index in [2.05, 4.69) is 5.32 Å². The Kier molecular flexibility index (Phi) is 2.82. The molecule has 0 aromatic heterocycles. The van der Waals surface area contributed by atoms with Gasteiger partial charge in [-0.25, -0.2) is 0 Å². The molecule has 15 heavy (non-hydrogen) atoms. The maximum Gasteiger partial charge on any atom is 0.227 e. The first-order valence-electron chi connectivity index (χ1n) is 5.02. The molecule has 1 fully saturated rings.